The van der Waals surface area contributed by atoms with Crippen LogP contribution in [-0.2, 0) is 19.1 Å². The van der Waals surface area contributed by atoms with E-state index in [2.05, 4.69) is 13.2 Å². The van der Waals surface area contributed by atoms with Gasteiger partial charge in [-0.1, -0.05) is 39.0 Å². The van der Waals surface area contributed by atoms with E-state index in [4.69, 9.17) is 9.47 Å². The molecular weight excluding hydrogens is 516 g/mol. The van der Waals surface area contributed by atoms with E-state index >= 15 is 0 Å². The predicted molar refractivity (Wildman–Crippen MR) is 153 cm³/mol. The number of amides is 2. The first-order chi connectivity index (χ1) is 18.6. The van der Waals surface area contributed by atoms with E-state index in [1.165, 1.54) is 6.08 Å². The standard InChI is InChI=1S/C30H40N2O6S/c1-7-16-31(20-10-12-21(37-6)13-11-20)27(35)25-30-15-14-29(5,39-30)24(28(36)38-17-8-2)23(30)26(34)32(25)22(18-33)19(4)9-3/h7-8,10-13,19,22-25,33H,1-2,9,14-18H2,3-6H3/t19-,22-,23-,24+,25?,29-,30?/m0/s1. The van der Waals surface area contributed by atoms with Crippen molar-refractivity contribution in [2.75, 3.05) is 31.8 Å². The normalized spacial score (nSPS) is 30.4. The SMILES string of the molecule is C=CCOC(=O)[C@H]1[C@H]2C(=O)N([C@@H](CO)[C@@H](C)CC)C(C(=O)N(CC=C)c3ccc(OC)cc3)C23CC[C@]1(C)S3. The zero-order chi connectivity index (χ0) is 28.5. The Labute approximate surface area is 235 Å². The van der Waals surface area contributed by atoms with Crippen LogP contribution in [0.3, 0.4) is 0 Å². The Morgan fingerprint density at radius 1 is 1.26 bits per heavy atom. The van der Waals surface area contributed by atoms with Crippen molar-refractivity contribution >= 4 is 35.2 Å². The van der Waals surface area contributed by atoms with Gasteiger partial charge in [0.25, 0.3) is 5.91 Å². The number of hydrogen-bond acceptors (Lipinski definition) is 7. The molecule has 0 aliphatic carbocycles. The number of anilines is 1. The summed E-state index contributed by atoms with van der Waals surface area (Å²) in [5.41, 5.74) is 0.655. The highest BCUT2D eigenvalue weighted by Crippen LogP contribution is 2.72. The molecule has 0 saturated carbocycles. The molecule has 3 aliphatic heterocycles. The Balaban J connectivity index is 1.84. The summed E-state index contributed by atoms with van der Waals surface area (Å²) in [5, 5.41) is 10.5. The van der Waals surface area contributed by atoms with Crippen LogP contribution in [0.25, 0.3) is 0 Å². The number of benzene rings is 1. The van der Waals surface area contributed by atoms with Gasteiger partial charge >= 0.3 is 5.97 Å². The van der Waals surface area contributed by atoms with E-state index in [-0.39, 0.29) is 37.5 Å². The maximum absolute atomic E-state index is 14.7. The van der Waals surface area contributed by atoms with E-state index in [9.17, 15) is 19.5 Å². The number of rotatable bonds is 12. The van der Waals surface area contributed by atoms with Crippen molar-refractivity contribution in [1.29, 1.82) is 0 Å². The van der Waals surface area contributed by atoms with Crippen molar-refractivity contribution in [3.8, 4) is 5.75 Å². The van der Waals surface area contributed by atoms with Crippen molar-refractivity contribution in [3.63, 3.8) is 0 Å². The summed E-state index contributed by atoms with van der Waals surface area (Å²) < 4.78 is 9.45. The quantitative estimate of drug-likeness (QED) is 0.309. The zero-order valence-corrected chi connectivity index (χ0v) is 24.1. The van der Waals surface area contributed by atoms with E-state index in [1.54, 1.807) is 46.9 Å². The molecule has 0 radical (unpaired) electrons. The molecule has 3 fully saturated rings. The Bertz CT molecular complexity index is 1120. The predicted octanol–water partition coefficient (Wildman–Crippen LogP) is 3.83. The minimum atomic E-state index is -0.854. The summed E-state index contributed by atoms with van der Waals surface area (Å²) in [6.45, 7) is 13.5. The van der Waals surface area contributed by atoms with Gasteiger partial charge in [-0.25, -0.2) is 0 Å². The minimum absolute atomic E-state index is 0.0535. The summed E-state index contributed by atoms with van der Waals surface area (Å²) in [5.74, 6) is -1.72. The van der Waals surface area contributed by atoms with Gasteiger partial charge in [-0.05, 0) is 49.9 Å². The number of aliphatic hydroxyl groups excluding tert-OH is 1. The Morgan fingerprint density at radius 3 is 2.51 bits per heavy atom. The van der Waals surface area contributed by atoms with Gasteiger partial charge in [0, 0.05) is 17.0 Å². The molecule has 39 heavy (non-hydrogen) atoms. The third kappa shape index (κ3) is 4.67. The zero-order valence-electron chi connectivity index (χ0n) is 23.3. The second-order valence-corrected chi connectivity index (χ2v) is 12.9. The van der Waals surface area contributed by atoms with Crippen LogP contribution < -0.4 is 9.64 Å². The topological polar surface area (TPSA) is 96.4 Å². The molecule has 1 N–H and O–H groups in total. The van der Waals surface area contributed by atoms with Crippen LogP contribution in [0.15, 0.2) is 49.6 Å². The average Bonchev–Trinajstić information content (AvgIpc) is 3.51. The molecule has 1 spiro atoms. The number of ether oxygens (including phenoxy) is 2. The first-order valence-corrected chi connectivity index (χ1v) is 14.4. The fraction of sp³-hybridized carbons (Fsp3) is 0.567. The van der Waals surface area contributed by atoms with Crippen LogP contribution in [0.1, 0.15) is 40.0 Å². The molecule has 7 atom stereocenters. The summed E-state index contributed by atoms with van der Waals surface area (Å²) >= 11 is 1.59. The third-order valence-corrected chi connectivity index (χ3v) is 10.8. The van der Waals surface area contributed by atoms with Crippen LogP contribution in [0.4, 0.5) is 5.69 Å². The molecule has 9 heteroatoms. The van der Waals surface area contributed by atoms with Crippen LogP contribution >= 0.6 is 11.8 Å². The molecule has 3 heterocycles. The Kier molecular flexibility index (Phi) is 8.52. The van der Waals surface area contributed by atoms with Crippen molar-refractivity contribution in [1.82, 2.24) is 4.90 Å². The highest BCUT2D eigenvalue weighted by Gasteiger charge is 2.78. The summed E-state index contributed by atoms with van der Waals surface area (Å²) in [4.78, 5) is 45.7. The molecular formula is C30H40N2O6S. The molecule has 2 unspecified atom stereocenters. The van der Waals surface area contributed by atoms with Gasteiger partial charge in [0.2, 0.25) is 5.91 Å². The maximum atomic E-state index is 14.7. The molecule has 1 aromatic rings. The van der Waals surface area contributed by atoms with Crippen molar-refractivity contribution in [2.45, 2.75) is 61.6 Å². The molecule has 2 bridgehead atoms. The first-order valence-electron chi connectivity index (χ1n) is 13.6. The smallest absolute Gasteiger partial charge is 0.311 e. The average molecular weight is 557 g/mol. The lowest BCUT2D eigenvalue weighted by Crippen LogP contribution is -2.58. The van der Waals surface area contributed by atoms with Gasteiger partial charge in [0.15, 0.2) is 0 Å². The van der Waals surface area contributed by atoms with Crippen LogP contribution in [0.5, 0.6) is 5.75 Å². The number of nitrogens with zero attached hydrogens (tertiary/aromatic N) is 2. The highest BCUT2D eigenvalue weighted by molar-refractivity contribution is 8.02. The Morgan fingerprint density at radius 2 is 1.95 bits per heavy atom. The fourth-order valence-electron chi connectivity index (χ4n) is 6.76. The Hall–Kier alpha value is -2.78. The first kappa shape index (κ1) is 29.2. The van der Waals surface area contributed by atoms with Crippen LogP contribution in [0, 0.1) is 17.8 Å². The second-order valence-electron chi connectivity index (χ2n) is 11.0. The molecule has 0 aromatic heterocycles. The number of thioether (sulfide) groups is 1. The highest BCUT2D eigenvalue weighted by atomic mass is 32.2. The fourth-order valence-corrected chi connectivity index (χ4v) is 9.09. The number of esters is 1. The van der Waals surface area contributed by atoms with Gasteiger partial charge < -0.3 is 24.4 Å². The molecule has 3 aliphatic rings. The molecule has 212 valence electrons. The minimum Gasteiger partial charge on any atom is -0.497 e. The van der Waals surface area contributed by atoms with E-state index in [1.807, 2.05) is 32.9 Å². The maximum Gasteiger partial charge on any atom is 0.311 e. The lowest BCUT2D eigenvalue weighted by atomic mass is 9.66. The van der Waals surface area contributed by atoms with Gasteiger partial charge in [-0.2, -0.15) is 0 Å². The van der Waals surface area contributed by atoms with Gasteiger partial charge in [0.05, 0.1) is 36.3 Å². The van der Waals surface area contributed by atoms with Crippen LogP contribution in [-0.4, -0.2) is 76.2 Å². The lowest BCUT2D eigenvalue weighted by molar-refractivity contribution is -0.155. The summed E-state index contributed by atoms with van der Waals surface area (Å²) in [6.07, 6.45) is 5.19. The number of carbonyl (C=O) groups is 3. The van der Waals surface area contributed by atoms with Crippen molar-refractivity contribution in [3.05, 3.63) is 49.6 Å². The molecule has 3 saturated heterocycles. The number of aliphatic hydroxyl groups is 1. The number of methoxy groups -OCH3 is 1. The van der Waals surface area contributed by atoms with E-state index in [0.29, 0.717) is 24.3 Å². The molecule has 4 rings (SSSR count). The number of hydrogen-bond donors (Lipinski definition) is 1. The molecule has 8 nitrogen and oxygen atoms in total. The number of fused-ring (bicyclic) bond motifs is 1. The number of carbonyl (C=O) groups excluding carboxylic acids is 3. The second kappa shape index (κ2) is 11.4. The van der Waals surface area contributed by atoms with Crippen molar-refractivity contribution in [2.24, 2.45) is 17.8 Å². The van der Waals surface area contributed by atoms with Gasteiger partial charge in [-0.15, -0.1) is 18.3 Å². The molecule has 2 amide bonds. The molecule has 1 aromatic carbocycles. The summed E-state index contributed by atoms with van der Waals surface area (Å²) in [7, 11) is 1.58. The van der Waals surface area contributed by atoms with Crippen molar-refractivity contribution < 1.29 is 29.0 Å². The monoisotopic (exact) mass is 556 g/mol. The lowest BCUT2D eigenvalue weighted by Gasteiger charge is -2.41. The third-order valence-electron chi connectivity index (χ3n) is 8.85. The summed E-state index contributed by atoms with van der Waals surface area (Å²) in [6, 6.07) is 5.78. The van der Waals surface area contributed by atoms with Crippen LogP contribution in [0.2, 0.25) is 0 Å². The number of likely N-dealkylation sites (tertiary alicyclic amines) is 1. The van der Waals surface area contributed by atoms with E-state index < -0.39 is 39.4 Å². The van der Waals surface area contributed by atoms with E-state index in [0.717, 1.165) is 6.42 Å². The van der Waals surface area contributed by atoms with Gasteiger partial charge in [-0.3, -0.25) is 14.4 Å². The largest absolute Gasteiger partial charge is 0.497 e. The van der Waals surface area contributed by atoms with Gasteiger partial charge in [0.1, 0.15) is 18.4 Å².